The van der Waals surface area contributed by atoms with Gasteiger partial charge in [-0.1, -0.05) is 0 Å². The number of rotatable bonds is 6. The van der Waals surface area contributed by atoms with E-state index in [2.05, 4.69) is 0 Å². The van der Waals surface area contributed by atoms with Gasteiger partial charge in [-0.25, -0.2) is 0 Å². The lowest BCUT2D eigenvalue weighted by Crippen LogP contribution is -2.42. The molecule has 0 aromatic heterocycles. The molecule has 0 aliphatic heterocycles. The first-order valence-electron chi connectivity index (χ1n) is 6.40. The number of benzene rings is 1. The second-order valence-corrected chi connectivity index (χ2v) is 4.55. The molecular formula is C14H21N3O3. The minimum atomic E-state index is -0.223. The van der Waals surface area contributed by atoms with Crippen LogP contribution in [0.25, 0.3) is 0 Å². The van der Waals surface area contributed by atoms with Crippen LogP contribution in [0.1, 0.15) is 6.92 Å². The number of ether oxygens (including phenoxy) is 1. The fraction of sp³-hybridized carbons (Fsp3) is 0.429. The summed E-state index contributed by atoms with van der Waals surface area (Å²) in [7, 11) is 3.32. The summed E-state index contributed by atoms with van der Waals surface area (Å²) in [5.74, 6) is 0.231. The average Bonchev–Trinajstić information content (AvgIpc) is 2.43. The molecule has 0 fully saturated rings. The van der Waals surface area contributed by atoms with Gasteiger partial charge in [0.25, 0.3) is 5.91 Å². The quantitative estimate of drug-likeness (QED) is 0.773. The maximum absolute atomic E-state index is 12.0. The zero-order valence-corrected chi connectivity index (χ0v) is 12.1. The van der Waals surface area contributed by atoms with E-state index in [1.54, 1.807) is 38.4 Å². The fourth-order valence-corrected chi connectivity index (χ4v) is 1.48. The maximum atomic E-state index is 12.0. The molecule has 0 aliphatic rings. The Labute approximate surface area is 119 Å². The molecule has 0 unspecified atom stereocenters. The Bertz CT molecular complexity index is 457. The first-order valence-corrected chi connectivity index (χ1v) is 6.40. The molecule has 0 aliphatic carbocycles. The van der Waals surface area contributed by atoms with Crippen LogP contribution < -0.4 is 10.5 Å². The Morgan fingerprint density at radius 3 is 2.25 bits per heavy atom. The largest absolute Gasteiger partial charge is 0.484 e. The monoisotopic (exact) mass is 279 g/mol. The maximum Gasteiger partial charge on any atom is 0.260 e. The summed E-state index contributed by atoms with van der Waals surface area (Å²) in [4.78, 5) is 26.5. The van der Waals surface area contributed by atoms with Gasteiger partial charge in [0, 0.05) is 26.3 Å². The van der Waals surface area contributed by atoms with E-state index in [4.69, 9.17) is 10.5 Å². The molecule has 2 N–H and O–H groups in total. The number of amides is 2. The van der Waals surface area contributed by atoms with Gasteiger partial charge in [0.05, 0.1) is 6.54 Å². The zero-order chi connectivity index (χ0) is 15.1. The van der Waals surface area contributed by atoms with Gasteiger partial charge in [0.2, 0.25) is 5.91 Å². The topological polar surface area (TPSA) is 75.9 Å². The van der Waals surface area contributed by atoms with Gasteiger partial charge in [-0.3, -0.25) is 9.59 Å². The smallest absolute Gasteiger partial charge is 0.260 e. The third kappa shape index (κ3) is 4.79. The summed E-state index contributed by atoms with van der Waals surface area (Å²) in [5, 5.41) is 0. The molecule has 0 atom stereocenters. The highest BCUT2D eigenvalue weighted by Crippen LogP contribution is 2.13. The SMILES string of the molecule is CCN(CC(=O)N(C)C)C(=O)COc1ccc(N)cc1. The Morgan fingerprint density at radius 1 is 1.15 bits per heavy atom. The Hall–Kier alpha value is -2.24. The predicted molar refractivity (Wildman–Crippen MR) is 77.3 cm³/mol. The third-order valence-electron chi connectivity index (χ3n) is 2.80. The van der Waals surface area contributed by atoms with Crippen molar-refractivity contribution in [1.82, 2.24) is 9.80 Å². The van der Waals surface area contributed by atoms with Crippen molar-refractivity contribution < 1.29 is 14.3 Å². The summed E-state index contributed by atoms with van der Waals surface area (Å²) in [6.45, 7) is 2.25. The van der Waals surface area contributed by atoms with E-state index in [1.807, 2.05) is 6.92 Å². The van der Waals surface area contributed by atoms with Gasteiger partial charge in [-0.15, -0.1) is 0 Å². The number of anilines is 1. The normalized spacial score (nSPS) is 9.95. The van der Waals surface area contributed by atoms with Gasteiger partial charge < -0.3 is 20.3 Å². The molecule has 0 spiro atoms. The minimum Gasteiger partial charge on any atom is -0.484 e. The van der Waals surface area contributed by atoms with Crippen LogP contribution in [0.3, 0.4) is 0 Å². The van der Waals surface area contributed by atoms with Gasteiger partial charge in [0.15, 0.2) is 6.61 Å². The Morgan fingerprint density at radius 2 is 1.75 bits per heavy atom. The number of likely N-dealkylation sites (N-methyl/N-ethyl adjacent to an activating group) is 2. The minimum absolute atomic E-state index is 0.0629. The van der Waals surface area contributed by atoms with Crippen molar-refractivity contribution >= 4 is 17.5 Å². The molecule has 6 nitrogen and oxygen atoms in total. The van der Waals surface area contributed by atoms with Crippen LogP contribution in [0, 0.1) is 0 Å². The van der Waals surface area contributed by atoms with E-state index in [-0.39, 0.29) is 25.0 Å². The lowest BCUT2D eigenvalue weighted by molar-refractivity contribution is -0.140. The first-order chi connectivity index (χ1) is 9.43. The van der Waals surface area contributed by atoms with Crippen molar-refractivity contribution in [2.45, 2.75) is 6.92 Å². The van der Waals surface area contributed by atoms with Crippen LogP contribution in [-0.2, 0) is 9.59 Å². The van der Waals surface area contributed by atoms with Crippen LogP contribution in [0.2, 0.25) is 0 Å². The Balaban J connectivity index is 2.51. The molecule has 0 saturated heterocycles. The number of nitrogen functional groups attached to an aromatic ring is 1. The molecular weight excluding hydrogens is 258 g/mol. The lowest BCUT2D eigenvalue weighted by atomic mass is 10.3. The number of carbonyl (C=O) groups is 2. The molecule has 1 aromatic carbocycles. The second-order valence-electron chi connectivity index (χ2n) is 4.55. The van der Waals surface area contributed by atoms with Crippen molar-refractivity contribution in [2.24, 2.45) is 0 Å². The zero-order valence-electron chi connectivity index (χ0n) is 12.1. The number of carbonyl (C=O) groups excluding carboxylic acids is 2. The van der Waals surface area contributed by atoms with Crippen LogP contribution in [0.5, 0.6) is 5.75 Å². The molecule has 20 heavy (non-hydrogen) atoms. The van der Waals surface area contributed by atoms with Gasteiger partial charge >= 0.3 is 0 Å². The second kappa shape index (κ2) is 7.37. The van der Waals surface area contributed by atoms with Crippen molar-refractivity contribution in [3.05, 3.63) is 24.3 Å². The number of hydrogen-bond donors (Lipinski definition) is 1. The van der Waals surface area contributed by atoms with Crippen molar-refractivity contribution in [1.29, 1.82) is 0 Å². The summed E-state index contributed by atoms with van der Waals surface area (Å²) >= 11 is 0. The summed E-state index contributed by atoms with van der Waals surface area (Å²) in [6, 6.07) is 6.80. The summed E-state index contributed by atoms with van der Waals surface area (Å²) in [6.07, 6.45) is 0. The molecule has 1 rings (SSSR count). The standard InChI is InChI=1S/C14H21N3O3/c1-4-17(9-13(18)16(2)3)14(19)10-20-12-7-5-11(15)6-8-12/h5-8H,4,9-10,15H2,1-3H3. The highest BCUT2D eigenvalue weighted by atomic mass is 16.5. The average molecular weight is 279 g/mol. The van der Waals surface area contributed by atoms with Gasteiger partial charge in [-0.05, 0) is 31.2 Å². The van der Waals surface area contributed by atoms with E-state index in [0.29, 0.717) is 18.0 Å². The van der Waals surface area contributed by atoms with Crippen LogP contribution in [0.4, 0.5) is 5.69 Å². The van der Waals surface area contributed by atoms with E-state index in [0.717, 1.165) is 0 Å². The fourth-order valence-electron chi connectivity index (χ4n) is 1.48. The third-order valence-corrected chi connectivity index (χ3v) is 2.80. The number of hydrogen-bond acceptors (Lipinski definition) is 4. The molecule has 0 heterocycles. The molecule has 0 radical (unpaired) electrons. The van der Waals surface area contributed by atoms with Crippen LogP contribution in [0.15, 0.2) is 24.3 Å². The van der Waals surface area contributed by atoms with Crippen molar-refractivity contribution in [3.8, 4) is 5.75 Å². The highest BCUT2D eigenvalue weighted by Gasteiger charge is 2.17. The van der Waals surface area contributed by atoms with Crippen LogP contribution >= 0.6 is 0 Å². The Kier molecular flexibility index (Phi) is 5.83. The van der Waals surface area contributed by atoms with Gasteiger partial charge in [0.1, 0.15) is 5.75 Å². The highest BCUT2D eigenvalue weighted by molar-refractivity contribution is 5.85. The first kappa shape index (κ1) is 15.8. The molecule has 1 aromatic rings. The lowest BCUT2D eigenvalue weighted by Gasteiger charge is -2.22. The van der Waals surface area contributed by atoms with E-state index in [9.17, 15) is 9.59 Å². The van der Waals surface area contributed by atoms with E-state index >= 15 is 0 Å². The van der Waals surface area contributed by atoms with Crippen LogP contribution in [-0.4, -0.2) is 55.4 Å². The molecule has 110 valence electrons. The predicted octanol–water partition coefficient (Wildman–Crippen LogP) is 0.584. The molecule has 0 saturated carbocycles. The summed E-state index contributed by atoms with van der Waals surface area (Å²) < 4.78 is 5.38. The molecule has 2 amide bonds. The molecule has 0 bridgehead atoms. The number of nitrogens with two attached hydrogens (primary N) is 1. The van der Waals surface area contributed by atoms with Gasteiger partial charge in [-0.2, -0.15) is 0 Å². The summed E-state index contributed by atoms with van der Waals surface area (Å²) in [5.41, 5.74) is 6.20. The van der Waals surface area contributed by atoms with E-state index < -0.39 is 0 Å². The van der Waals surface area contributed by atoms with Crippen molar-refractivity contribution in [2.75, 3.05) is 39.5 Å². The number of nitrogens with zero attached hydrogens (tertiary/aromatic N) is 2. The van der Waals surface area contributed by atoms with E-state index in [1.165, 1.54) is 9.80 Å². The van der Waals surface area contributed by atoms with Crippen molar-refractivity contribution in [3.63, 3.8) is 0 Å². The molecule has 6 heteroatoms.